The number of rotatable bonds is 5. The molecule has 0 saturated carbocycles. The van der Waals surface area contributed by atoms with Gasteiger partial charge < -0.3 is 15.3 Å². The molecule has 2 aromatic carbocycles. The first kappa shape index (κ1) is 16.5. The molecule has 3 aromatic rings. The highest BCUT2D eigenvalue weighted by Gasteiger charge is 2.11. The van der Waals surface area contributed by atoms with E-state index in [9.17, 15) is 9.59 Å². The third-order valence-electron chi connectivity index (χ3n) is 3.59. The summed E-state index contributed by atoms with van der Waals surface area (Å²) in [7, 11) is 1.90. The van der Waals surface area contributed by atoms with Crippen molar-refractivity contribution in [3.8, 4) is 0 Å². The SMILES string of the molecule is CN(CC(=O)Nc1cc2[nH]c(=O)[nH]c2cc1Br)Cc1ccccc1. The van der Waals surface area contributed by atoms with Crippen LogP contribution in [0.5, 0.6) is 0 Å². The fourth-order valence-electron chi connectivity index (χ4n) is 2.54. The number of hydrogen-bond donors (Lipinski definition) is 3. The number of H-pyrrole nitrogens is 2. The van der Waals surface area contributed by atoms with E-state index in [0.717, 1.165) is 5.56 Å². The standard InChI is InChI=1S/C17H17BrN4O2/c1-22(9-11-5-3-2-4-6-11)10-16(23)19-13-8-15-14(7-12(13)18)20-17(24)21-15/h2-8H,9-10H2,1H3,(H,19,23)(H2,20,21,24). The highest BCUT2D eigenvalue weighted by molar-refractivity contribution is 9.10. The van der Waals surface area contributed by atoms with Crippen LogP contribution >= 0.6 is 15.9 Å². The average molecular weight is 389 g/mol. The van der Waals surface area contributed by atoms with Crippen molar-refractivity contribution >= 4 is 38.6 Å². The van der Waals surface area contributed by atoms with E-state index in [4.69, 9.17) is 0 Å². The van der Waals surface area contributed by atoms with Crippen LogP contribution in [-0.2, 0) is 11.3 Å². The van der Waals surface area contributed by atoms with E-state index in [2.05, 4.69) is 31.2 Å². The number of benzene rings is 2. The minimum atomic E-state index is -0.275. The van der Waals surface area contributed by atoms with E-state index in [0.29, 0.717) is 27.7 Å². The molecule has 3 N–H and O–H groups in total. The molecule has 7 heteroatoms. The lowest BCUT2D eigenvalue weighted by Gasteiger charge is -2.16. The first-order valence-corrected chi connectivity index (χ1v) is 8.24. The maximum atomic E-state index is 12.3. The number of aromatic nitrogens is 2. The second-order valence-corrected chi connectivity index (χ2v) is 6.52. The number of aromatic amines is 2. The molecule has 6 nitrogen and oxygen atoms in total. The van der Waals surface area contributed by atoms with Gasteiger partial charge in [-0.25, -0.2) is 4.79 Å². The first-order chi connectivity index (χ1) is 11.5. The second-order valence-electron chi connectivity index (χ2n) is 5.66. The van der Waals surface area contributed by atoms with Gasteiger partial charge in [0.1, 0.15) is 0 Å². The Morgan fingerprint density at radius 2 is 1.83 bits per heavy atom. The molecule has 1 amide bonds. The van der Waals surface area contributed by atoms with Crippen LogP contribution < -0.4 is 11.0 Å². The Kier molecular flexibility index (Phi) is 4.82. The van der Waals surface area contributed by atoms with Gasteiger partial charge in [0.05, 0.1) is 23.3 Å². The zero-order valence-electron chi connectivity index (χ0n) is 13.1. The van der Waals surface area contributed by atoms with Crippen molar-refractivity contribution in [2.75, 3.05) is 18.9 Å². The average Bonchev–Trinajstić information content (AvgIpc) is 2.87. The lowest BCUT2D eigenvalue weighted by atomic mass is 10.2. The number of hydrogen-bond acceptors (Lipinski definition) is 3. The molecule has 0 spiro atoms. The molecule has 0 radical (unpaired) electrons. The van der Waals surface area contributed by atoms with Gasteiger partial charge in [-0.15, -0.1) is 0 Å². The quantitative estimate of drug-likeness (QED) is 0.628. The predicted octanol–water partition coefficient (Wildman–Crippen LogP) is 2.69. The summed E-state index contributed by atoms with van der Waals surface area (Å²) < 4.78 is 0.712. The third-order valence-corrected chi connectivity index (χ3v) is 4.24. The third kappa shape index (κ3) is 3.93. The van der Waals surface area contributed by atoms with Gasteiger partial charge in [0.2, 0.25) is 5.91 Å². The number of anilines is 1. The van der Waals surface area contributed by atoms with Crippen LogP contribution in [0.3, 0.4) is 0 Å². The summed E-state index contributed by atoms with van der Waals surface area (Å²) in [5.74, 6) is -0.119. The number of amides is 1. The maximum Gasteiger partial charge on any atom is 0.323 e. The van der Waals surface area contributed by atoms with Crippen molar-refractivity contribution in [1.29, 1.82) is 0 Å². The van der Waals surface area contributed by atoms with Crippen LogP contribution in [0, 0.1) is 0 Å². The van der Waals surface area contributed by atoms with Crippen LogP contribution in [-0.4, -0.2) is 34.4 Å². The van der Waals surface area contributed by atoms with Crippen molar-refractivity contribution in [2.45, 2.75) is 6.54 Å². The van der Waals surface area contributed by atoms with E-state index in [-0.39, 0.29) is 18.1 Å². The monoisotopic (exact) mass is 388 g/mol. The molecular formula is C17H17BrN4O2. The molecular weight excluding hydrogens is 372 g/mol. The lowest BCUT2D eigenvalue weighted by molar-refractivity contribution is -0.117. The molecule has 3 rings (SSSR count). The summed E-state index contributed by atoms with van der Waals surface area (Å²) in [5.41, 5.74) is 2.83. The molecule has 1 heterocycles. The second kappa shape index (κ2) is 7.02. The van der Waals surface area contributed by atoms with Crippen molar-refractivity contribution in [3.63, 3.8) is 0 Å². The number of nitrogens with zero attached hydrogens (tertiary/aromatic N) is 1. The minimum absolute atomic E-state index is 0.119. The minimum Gasteiger partial charge on any atom is -0.324 e. The number of halogens is 1. The van der Waals surface area contributed by atoms with E-state index < -0.39 is 0 Å². The Labute approximate surface area is 147 Å². The van der Waals surface area contributed by atoms with Crippen LogP contribution in [0.25, 0.3) is 11.0 Å². The normalized spacial score (nSPS) is 11.1. The molecule has 0 aliphatic rings. The number of fused-ring (bicyclic) bond motifs is 1. The number of imidazole rings is 1. The smallest absolute Gasteiger partial charge is 0.323 e. The molecule has 0 bridgehead atoms. The van der Waals surface area contributed by atoms with Gasteiger partial charge >= 0.3 is 5.69 Å². The lowest BCUT2D eigenvalue weighted by Crippen LogP contribution is -2.29. The molecule has 1 aromatic heterocycles. The molecule has 24 heavy (non-hydrogen) atoms. The summed E-state index contributed by atoms with van der Waals surface area (Å²) in [6.07, 6.45) is 0. The zero-order valence-corrected chi connectivity index (χ0v) is 14.7. The van der Waals surface area contributed by atoms with Gasteiger partial charge in [0, 0.05) is 11.0 Å². The van der Waals surface area contributed by atoms with E-state index in [1.54, 1.807) is 12.1 Å². The number of carbonyl (C=O) groups excluding carboxylic acids is 1. The van der Waals surface area contributed by atoms with Crippen molar-refractivity contribution in [2.24, 2.45) is 0 Å². The molecule has 124 valence electrons. The van der Waals surface area contributed by atoms with Crippen LogP contribution in [0.15, 0.2) is 51.7 Å². The summed E-state index contributed by atoms with van der Waals surface area (Å²) in [5, 5.41) is 2.86. The van der Waals surface area contributed by atoms with Gasteiger partial charge in [0.15, 0.2) is 0 Å². The van der Waals surface area contributed by atoms with E-state index >= 15 is 0 Å². The highest BCUT2D eigenvalue weighted by Crippen LogP contribution is 2.26. The van der Waals surface area contributed by atoms with E-state index in [1.807, 2.05) is 42.3 Å². The Morgan fingerprint density at radius 3 is 2.54 bits per heavy atom. The van der Waals surface area contributed by atoms with Crippen molar-refractivity contribution < 1.29 is 4.79 Å². The Morgan fingerprint density at radius 1 is 1.17 bits per heavy atom. The van der Waals surface area contributed by atoms with Crippen molar-refractivity contribution in [1.82, 2.24) is 14.9 Å². The summed E-state index contributed by atoms with van der Waals surface area (Å²) in [4.78, 5) is 30.9. The topological polar surface area (TPSA) is 81.0 Å². The number of likely N-dealkylation sites (N-methyl/N-ethyl adjacent to an activating group) is 1. The van der Waals surface area contributed by atoms with Crippen LogP contribution in [0.4, 0.5) is 5.69 Å². The first-order valence-electron chi connectivity index (χ1n) is 7.45. The van der Waals surface area contributed by atoms with Gasteiger partial charge in [-0.2, -0.15) is 0 Å². The molecule has 0 unspecified atom stereocenters. The molecule has 0 fully saturated rings. The van der Waals surface area contributed by atoms with Crippen LogP contribution in [0.1, 0.15) is 5.56 Å². The number of nitrogens with one attached hydrogen (secondary N) is 3. The Hall–Kier alpha value is -2.38. The van der Waals surface area contributed by atoms with Gasteiger partial charge in [-0.05, 0) is 40.7 Å². The Balaban J connectivity index is 1.66. The zero-order chi connectivity index (χ0) is 17.1. The molecule has 0 atom stereocenters. The van der Waals surface area contributed by atoms with E-state index in [1.165, 1.54) is 0 Å². The maximum absolute atomic E-state index is 12.3. The highest BCUT2D eigenvalue weighted by atomic mass is 79.9. The summed E-state index contributed by atoms with van der Waals surface area (Å²) in [6.45, 7) is 0.961. The van der Waals surface area contributed by atoms with Gasteiger partial charge in [0.25, 0.3) is 0 Å². The number of carbonyl (C=O) groups is 1. The van der Waals surface area contributed by atoms with Gasteiger partial charge in [-0.3, -0.25) is 9.69 Å². The van der Waals surface area contributed by atoms with Crippen molar-refractivity contribution in [3.05, 3.63) is 63.0 Å². The predicted molar refractivity (Wildman–Crippen MR) is 98.0 cm³/mol. The van der Waals surface area contributed by atoms with Crippen LogP contribution in [0.2, 0.25) is 0 Å². The fraction of sp³-hybridized carbons (Fsp3) is 0.176. The molecule has 0 aliphatic heterocycles. The summed E-state index contributed by atoms with van der Waals surface area (Å²) in [6, 6.07) is 13.5. The van der Waals surface area contributed by atoms with Gasteiger partial charge in [-0.1, -0.05) is 30.3 Å². The Bertz CT molecular complexity index is 917. The summed E-state index contributed by atoms with van der Waals surface area (Å²) >= 11 is 3.41. The molecule has 0 aliphatic carbocycles. The fourth-order valence-corrected chi connectivity index (χ4v) is 2.98. The molecule has 0 saturated heterocycles. The largest absolute Gasteiger partial charge is 0.324 e.